The number of benzene rings is 2. The van der Waals surface area contributed by atoms with E-state index in [1.165, 1.54) is 25.1 Å². The topological polar surface area (TPSA) is 133 Å². The molecule has 2 aromatic rings. The summed E-state index contributed by atoms with van der Waals surface area (Å²) >= 11 is 0.761. The second-order valence-corrected chi connectivity index (χ2v) is 10.5. The highest BCUT2D eigenvalue weighted by Gasteiger charge is 2.30. The molecule has 0 saturated carbocycles. The Morgan fingerprint density at radius 2 is 1.94 bits per heavy atom. The number of ketones is 1. The minimum Gasteiger partial charge on any atom is -0.442 e. The van der Waals surface area contributed by atoms with E-state index in [0.29, 0.717) is 23.6 Å². The van der Waals surface area contributed by atoms with Gasteiger partial charge in [-0.25, -0.2) is 26.3 Å². The van der Waals surface area contributed by atoms with Crippen molar-refractivity contribution in [2.24, 2.45) is 0 Å². The zero-order chi connectivity index (χ0) is 25.9. The summed E-state index contributed by atoms with van der Waals surface area (Å²) in [5, 5.41) is 9.42. The molecule has 3 rings (SSSR count). The van der Waals surface area contributed by atoms with Crippen molar-refractivity contribution < 1.29 is 41.4 Å². The molecule has 0 saturated heterocycles. The van der Waals surface area contributed by atoms with E-state index < -0.39 is 45.5 Å². The summed E-state index contributed by atoms with van der Waals surface area (Å²) in [4.78, 5) is 39.4. The zero-order valence-corrected chi connectivity index (χ0v) is 20.2. The van der Waals surface area contributed by atoms with Gasteiger partial charge >= 0.3 is 5.97 Å². The van der Waals surface area contributed by atoms with E-state index >= 15 is 0 Å². The number of halogens is 2. The van der Waals surface area contributed by atoms with E-state index in [-0.39, 0.29) is 34.1 Å². The fraction of sp³-hybridized carbons (Fsp3) is 0.333. The molecule has 14 heteroatoms. The van der Waals surface area contributed by atoms with E-state index in [1.807, 2.05) is 0 Å². The molecular formula is C21H20F2N2O8S2. The standard InChI is InChI=1S/C21H20F2N2O8S2/c1-3-18(33-25(28)29)21(27)32-11-24(35(2,30)31)16-8-12-4-6-17(26)14(12)10-20(16)34-19-7-5-13(22)9-15(19)23/h5,7-10,18H,3-4,6,11H2,1-2H3. The first-order valence-corrected chi connectivity index (χ1v) is 12.9. The number of sulfonamides is 1. The van der Waals surface area contributed by atoms with Crippen LogP contribution in [-0.2, 0) is 30.8 Å². The molecule has 10 nitrogen and oxygen atoms in total. The van der Waals surface area contributed by atoms with Crippen LogP contribution in [-0.4, -0.2) is 44.3 Å². The molecule has 0 aliphatic heterocycles. The summed E-state index contributed by atoms with van der Waals surface area (Å²) in [6, 6.07) is 5.71. The third kappa shape index (κ3) is 6.25. The first kappa shape index (κ1) is 26.3. The molecule has 1 unspecified atom stereocenters. The SMILES string of the molecule is CCC(O[N+](=O)[O-])C(=O)OCN(c1cc2c(cc1Sc1ccc(F)cc1F)C(=O)CC2)S(C)(=O)=O. The van der Waals surface area contributed by atoms with E-state index in [4.69, 9.17) is 4.74 Å². The Kier molecular flexibility index (Phi) is 7.95. The van der Waals surface area contributed by atoms with Crippen molar-refractivity contribution >= 4 is 39.2 Å². The summed E-state index contributed by atoms with van der Waals surface area (Å²) in [6.07, 6.45) is -0.269. The van der Waals surface area contributed by atoms with Crippen molar-refractivity contribution in [1.29, 1.82) is 0 Å². The molecular weight excluding hydrogens is 510 g/mol. The number of hydrogen-bond donors (Lipinski definition) is 0. The number of rotatable bonds is 10. The van der Waals surface area contributed by atoms with Gasteiger partial charge in [-0.3, -0.25) is 9.63 Å². The minimum atomic E-state index is -4.10. The number of fused-ring (bicyclic) bond motifs is 1. The number of carbonyl (C=O) groups is 2. The van der Waals surface area contributed by atoms with Crippen molar-refractivity contribution in [3.05, 3.63) is 63.2 Å². The number of nitrogens with zero attached hydrogens (tertiary/aromatic N) is 2. The van der Waals surface area contributed by atoms with E-state index in [2.05, 4.69) is 4.84 Å². The molecule has 1 aliphatic carbocycles. The number of anilines is 1. The van der Waals surface area contributed by atoms with Crippen LogP contribution in [0.5, 0.6) is 0 Å². The summed E-state index contributed by atoms with van der Waals surface area (Å²) in [5.74, 6) is -3.03. The van der Waals surface area contributed by atoms with E-state index in [9.17, 15) is 36.9 Å². The van der Waals surface area contributed by atoms with Gasteiger partial charge in [0.25, 0.3) is 5.09 Å². The number of aryl methyl sites for hydroxylation is 1. The maximum Gasteiger partial charge on any atom is 0.337 e. The smallest absolute Gasteiger partial charge is 0.337 e. The van der Waals surface area contributed by atoms with Crippen molar-refractivity contribution in [3.8, 4) is 0 Å². The quantitative estimate of drug-likeness (QED) is 0.196. The lowest BCUT2D eigenvalue weighted by Crippen LogP contribution is -2.37. The van der Waals surface area contributed by atoms with Crippen LogP contribution in [0.25, 0.3) is 0 Å². The summed E-state index contributed by atoms with van der Waals surface area (Å²) in [5.41, 5.74) is 0.886. The average Bonchev–Trinajstić information content (AvgIpc) is 3.12. The van der Waals surface area contributed by atoms with Crippen molar-refractivity contribution in [3.63, 3.8) is 0 Å². The molecule has 0 spiro atoms. The van der Waals surface area contributed by atoms with Crippen LogP contribution in [0.2, 0.25) is 0 Å². The van der Waals surface area contributed by atoms with Crippen LogP contribution in [0.1, 0.15) is 35.7 Å². The average molecular weight is 531 g/mol. The highest BCUT2D eigenvalue weighted by molar-refractivity contribution is 7.99. The minimum absolute atomic E-state index is 0.00859. The molecule has 0 fully saturated rings. The van der Waals surface area contributed by atoms with Gasteiger partial charge in [-0.1, -0.05) is 18.7 Å². The molecule has 0 aromatic heterocycles. The van der Waals surface area contributed by atoms with Gasteiger partial charge in [0, 0.05) is 27.8 Å². The van der Waals surface area contributed by atoms with Gasteiger partial charge in [-0.15, -0.1) is 10.1 Å². The maximum atomic E-state index is 14.3. The lowest BCUT2D eigenvalue weighted by Gasteiger charge is -2.26. The van der Waals surface area contributed by atoms with Crippen LogP contribution in [0, 0.1) is 21.7 Å². The second kappa shape index (κ2) is 10.6. The van der Waals surface area contributed by atoms with Gasteiger partial charge in [0.15, 0.2) is 12.5 Å². The van der Waals surface area contributed by atoms with Gasteiger partial charge in [0.2, 0.25) is 16.1 Å². The number of carbonyl (C=O) groups excluding carboxylic acids is 2. The fourth-order valence-electron chi connectivity index (χ4n) is 3.36. The predicted octanol–water partition coefficient (Wildman–Crippen LogP) is 3.50. The molecule has 0 N–H and O–H groups in total. The number of ether oxygens (including phenoxy) is 1. The molecule has 0 bridgehead atoms. The van der Waals surface area contributed by atoms with Crippen LogP contribution in [0.3, 0.4) is 0 Å². The Morgan fingerprint density at radius 1 is 1.23 bits per heavy atom. The Morgan fingerprint density at radius 3 is 2.54 bits per heavy atom. The zero-order valence-electron chi connectivity index (χ0n) is 18.5. The molecule has 0 heterocycles. The van der Waals surface area contributed by atoms with Gasteiger partial charge in [-0.2, -0.15) is 0 Å². The van der Waals surface area contributed by atoms with Crippen LogP contribution in [0.4, 0.5) is 14.5 Å². The third-order valence-electron chi connectivity index (χ3n) is 5.06. The van der Waals surface area contributed by atoms with Gasteiger partial charge in [-0.05, 0) is 42.7 Å². The Balaban J connectivity index is 2.01. The number of Topliss-reactive ketones (excluding diaryl/α,β-unsaturated/α-hetero) is 1. The molecule has 1 atom stereocenters. The van der Waals surface area contributed by atoms with E-state index in [0.717, 1.165) is 28.4 Å². The molecule has 0 amide bonds. The maximum absolute atomic E-state index is 14.3. The Labute approximate surface area is 203 Å². The van der Waals surface area contributed by atoms with Crippen LogP contribution < -0.4 is 4.31 Å². The summed E-state index contributed by atoms with van der Waals surface area (Å²) < 4.78 is 58.7. The normalized spacial score (nSPS) is 13.8. The number of hydrogen-bond acceptors (Lipinski definition) is 9. The predicted molar refractivity (Wildman–Crippen MR) is 120 cm³/mol. The summed E-state index contributed by atoms with van der Waals surface area (Å²) in [7, 11) is -4.10. The lowest BCUT2D eigenvalue weighted by atomic mass is 10.1. The highest BCUT2D eigenvalue weighted by atomic mass is 32.2. The van der Waals surface area contributed by atoms with Gasteiger partial charge in [0.05, 0.1) is 11.9 Å². The third-order valence-corrected chi connectivity index (χ3v) is 7.26. The molecule has 35 heavy (non-hydrogen) atoms. The van der Waals surface area contributed by atoms with E-state index in [1.54, 1.807) is 0 Å². The second-order valence-electron chi connectivity index (χ2n) is 7.51. The highest BCUT2D eigenvalue weighted by Crippen LogP contribution is 2.41. The summed E-state index contributed by atoms with van der Waals surface area (Å²) in [6.45, 7) is 0.578. The number of esters is 1. The van der Waals surface area contributed by atoms with Crippen molar-refractivity contribution in [1.82, 2.24) is 0 Å². The molecule has 1 aliphatic rings. The molecule has 188 valence electrons. The lowest BCUT2D eigenvalue weighted by molar-refractivity contribution is -0.765. The molecule has 2 aromatic carbocycles. The van der Waals surface area contributed by atoms with Crippen LogP contribution >= 0.6 is 11.8 Å². The molecule has 0 radical (unpaired) electrons. The first-order chi connectivity index (χ1) is 16.4. The monoisotopic (exact) mass is 530 g/mol. The Bertz CT molecular complexity index is 1290. The van der Waals surface area contributed by atoms with Crippen LogP contribution in [0.15, 0.2) is 40.1 Å². The fourth-order valence-corrected chi connectivity index (χ4v) is 5.15. The first-order valence-electron chi connectivity index (χ1n) is 10.2. The van der Waals surface area contributed by atoms with Crippen molar-refractivity contribution in [2.75, 3.05) is 17.3 Å². The Hall–Kier alpha value is -3.26. The largest absolute Gasteiger partial charge is 0.442 e. The van der Waals surface area contributed by atoms with Gasteiger partial charge < -0.3 is 4.74 Å². The van der Waals surface area contributed by atoms with Crippen molar-refractivity contribution in [2.45, 2.75) is 42.1 Å². The van der Waals surface area contributed by atoms with Gasteiger partial charge in [0.1, 0.15) is 11.6 Å².